The van der Waals surface area contributed by atoms with Crippen molar-refractivity contribution in [2.75, 3.05) is 12.0 Å². The number of phenols is 1. The number of aryl methyl sites for hydroxylation is 1. The summed E-state index contributed by atoms with van der Waals surface area (Å²) in [4.78, 5) is 8.49. The normalized spacial score (nSPS) is 11.2. The summed E-state index contributed by atoms with van der Waals surface area (Å²) in [5, 5.41) is 15.9. The summed E-state index contributed by atoms with van der Waals surface area (Å²) in [5.41, 5.74) is 5.81. The number of ether oxygens (including phenoxy) is 1. The van der Waals surface area contributed by atoms with E-state index in [2.05, 4.69) is 20.5 Å². The van der Waals surface area contributed by atoms with Crippen molar-refractivity contribution in [1.82, 2.24) is 9.97 Å². The summed E-state index contributed by atoms with van der Waals surface area (Å²) < 4.78 is 6.33. The Bertz CT molecular complexity index is 860. The van der Waals surface area contributed by atoms with E-state index in [1.807, 2.05) is 19.2 Å². The van der Waals surface area contributed by atoms with Crippen molar-refractivity contribution in [3.05, 3.63) is 41.0 Å². The Labute approximate surface area is 137 Å². The van der Waals surface area contributed by atoms with Gasteiger partial charge in [0.1, 0.15) is 6.33 Å². The van der Waals surface area contributed by atoms with Crippen LogP contribution in [0.5, 0.6) is 11.5 Å². The summed E-state index contributed by atoms with van der Waals surface area (Å²) in [5.74, 6) is 1.23. The van der Waals surface area contributed by atoms with Gasteiger partial charge >= 0.3 is 0 Å². The maximum Gasteiger partial charge on any atom is 0.167 e. The minimum atomic E-state index is 0.114. The van der Waals surface area contributed by atoms with Crippen LogP contribution in [0.25, 0.3) is 10.2 Å². The van der Waals surface area contributed by atoms with Crippen molar-refractivity contribution in [3.63, 3.8) is 0 Å². The van der Waals surface area contributed by atoms with Gasteiger partial charge in [0.25, 0.3) is 0 Å². The Kier molecular flexibility index (Phi) is 4.38. The van der Waals surface area contributed by atoms with Crippen LogP contribution in [0.15, 0.2) is 35.0 Å². The van der Waals surface area contributed by atoms with Crippen LogP contribution in [-0.4, -0.2) is 27.9 Å². The summed E-state index contributed by atoms with van der Waals surface area (Å²) in [6, 6.07) is 5.07. The van der Waals surface area contributed by atoms with Gasteiger partial charge in [0.05, 0.1) is 23.0 Å². The molecule has 0 amide bonds. The smallest absolute Gasteiger partial charge is 0.167 e. The SMILES string of the molecule is CCOc1cc(/C=N/Nc2ncnc3c(C)csc23)ccc1O. The quantitative estimate of drug-likeness (QED) is 0.553. The molecule has 1 aromatic carbocycles. The number of nitrogens with zero attached hydrogens (tertiary/aromatic N) is 3. The lowest BCUT2D eigenvalue weighted by molar-refractivity contribution is 0.318. The van der Waals surface area contributed by atoms with E-state index in [0.717, 1.165) is 21.3 Å². The largest absolute Gasteiger partial charge is 0.504 e. The number of hydrogen-bond donors (Lipinski definition) is 2. The third-order valence-corrected chi connectivity index (χ3v) is 4.29. The Balaban J connectivity index is 1.79. The molecule has 6 nitrogen and oxygen atoms in total. The first-order valence-electron chi connectivity index (χ1n) is 7.12. The second-order valence-electron chi connectivity index (χ2n) is 4.85. The van der Waals surface area contributed by atoms with Gasteiger partial charge in [-0.3, -0.25) is 5.43 Å². The van der Waals surface area contributed by atoms with Gasteiger partial charge in [-0.1, -0.05) is 0 Å². The number of aromatic hydroxyl groups is 1. The Morgan fingerprint density at radius 1 is 1.39 bits per heavy atom. The van der Waals surface area contributed by atoms with E-state index in [9.17, 15) is 5.11 Å². The maximum absolute atomic E-state index is 9.69. The molecular weight excluding hydrogens is 312 g/mol. The molecule has 0 saturated carbocycles. The number of hydrogen-bond acceptors (Lipinski definition) is 7. The van der Waals surface area contributed by atoms with Gasteiger partial charge in [0.2, 0.25) is 0 Å². The molecule has 0 radical (unpaired) electrons. The summed E-state index contributed by atoms with van der Waals surface area (Å²) in [7, 11) is 0. The van der Waals surface area contributed by atoms with E-state index in [1.165, 1.54) is 6.33 Å². The number of phenolic OH excluding ortho intramolecular Hbond substituents is 1. The topological polar surface area (TPSA) is 79.6 Å². The molecule has 0 atom stereocenters. The van der Waals surface area contributed by atoms with Crippen LogP contribution in [-0.2, 0) is 0 Å². The first kappa shape index (κ1) is 15.2. The third kappa shape index (κ3) is 3.24. The lowest BCUT2D eigenvalue weighted by atomic mass is 10.2. The summed E-state index contributed by atoms with van der Waals surface area (Å²) >= 11 is 1.58. The average Bonchev–Trinajstić information content (AvgIpc) is 2.93. The minimum Gasteiger partial charge on any atom is -0.504 e. The first-order valence-corrected chi connectivity index (χ1v) is 8.00. The molecule has 0 aliphatic carbocycles. The predicted octanol–water partition coefficient (Wildman–Crippen LogP) is 3.55. The molecule has 0 saturated heterocycles. The fraction of sp³-hybridized carbons (Fsp3) is 0.188. The van der Waals surface area contributed by atoms with Crippen LogP contribution >= 0.6 is 11.3 Å². The van der Waals surface area contributed by atoms with Crippen LogP contribution in [0.3, 0.4) is 0 Å². The molecule has 3 aromatic rings. The zero-order chi connectivity index (χ0) is 16.2. The van der Waals surface area contributed by atoms with Gasteiger partial charge in [-0.25, -0.2) is 9.97 Å². The highest BCUT2D eigenvalue weighted by Gasteiger charge is 2.07. The van der Waals surface area contributed by atoms with E-state index < -0.39 is 0 Å². The summed E-state index contributed by atoms with van der Waals surface area (Å²) in [6.07, 6.45) is 3.17. The first-order chi connectivity index (χ1) is 11.2. The van der Waals surface area contributed by atoms with Crippen molar-refractivity contribution in [3.8, 4) is 11.5 Å². The Morgan fingerprint density at radius 3 is 3.09 bits per heavy atom. The number of hydrazone groups is 1. The number of aromatic nitrogens is 2. The molecule has 2 aromatic heterocycles. The number of anilines is 1. The van der Waals surface area contributed by atoms with Gasteiger partial charge in [-0.15, -0.1) is 11.3 Å². The molecule has 0 aliphatic heterocycles. The third-order valence-electron chi connectivity index (χ3n) is 3.20. The molecule has 7 heteroatoms. The van der Waals surface area contributed by atoms with Crippen molar-refractivity contribution in [2.24, 2.45) is 5.10 Å². The maximum atomic E-state index is 9.69. The van der Waals surface area contributed by atoms with E-state index in [0.29, 0.717) is 18.2 Å². The van der Waals surface area contributed by atoms with Crippen LogP contribution in [0.1, 0.15) is 18.1 Å². The lowest BCUT2D eigenvalue weighted by Crippen LogP contribution is -1.96. The van der Waals surface area contributed by atoms with Crippen LogP contribution in [0.2, 0.25) is 0 Å². The monoisotopic (exact) mass is 328 g/mol. The van der Waals surface area contributed by atoms with Gasteiger partial charge in [-0.05, 0) is 48.6 Å². The van der Waals surface area contributed by atoms with Crippen molar-refractivity contribution < 1.29 is 9.84 Å². The standard InChI is InChI=1S/C16H16N4O2S/c1-3-22-13-6-11(4-5-12(13)21)7-19-20-16-15-14(17-9-18-16)10(2)8-23-15/h4-9,21H,3H2,1-2H3,(H,17,18,20)/b19-7+. The zero-order valence-electron chi connectivity index (χ0n) is 12.8. The fourth-order valence-electron chi connectivity index (χ4n) is 2.10. The predicted molar refractivity (Wildman–Crippen MR) is 92.6 cm³/mol. The van der Waals surface area contributed by atoms with Crippen LogP contribution in [0, 0.1) is 6.92 Å². The highest BCUT2D eigenvalue weighted by molar-refractivity contribution is 7.18. The molecule has 0 unspecified atom stereocenters. The second-order valence-corrected chi connectivity index (χ2v) is 5.73. The molecular formula is C16H16N4O2S. The zero-order valence-corrected chi connectivity index (χ0v) is 13.6. The highest BCUT2D eigenvalue weighted by Crippen LogP contribution is 2.28. The number of fused-ring (bicyclic) bond motifs is 1. The molecule has 0 fully saturated rings. The van der Waals surface area contributed by atoms with Gasteiger partial charge in [0.15, 0.2) is 17.3 Å². The number of thiophene rings is 1. The molecule has 118 valence electrons. The van der Waals surface area contributed by atoms with Crippen molar-refractivity contribution >= 4 is 33.6 Å². The molecule has 0 spiro atoms. The van der Waals surface area contributed by atoms with E-state index in [1.54, 1.807) is 35.8 Å². The summed E-state index contributed by atoms with van der Waals surface area (Å²) in [6.45, 7) is 4.37. The van der Waals surface area contributed by atoms with E-state index >= 15 is 0 Å². The van der Waals surface area contributed by atoms with Gasteiger partial charge in [0, 0.05) is 0 Å². The lowest BCUT2D eigenvalue weighted by Gasteiger charge is -2.06. The molecule has 23 heavy (non-hydrogen) atoms. The average molecular weight is 328 g/mol. The van der Waals surface area contributed by atoms with E-state index in [4.69, 9.17) is 4.74 Å². The molecule has 0 bridgehead atoms. The fourth-order valence-corrected chi connectivity index (χ4v) is 3.04. The van der Waals surface area contributed by atoms with Crippen LogP contribution in [0.4, 0.5) is 5.82 Å². The van der Waals surface area contributed by atoms with Crippen molar-refractivity contribution in [1.29, 1.82) is 0 Å². The molecule has 3 rings (SSSR count). The van der Waals surface area contributed by atoms with Gasteiger partial charge < -0.3 is 9.84 Å². The van der Waals surface area contributed by atoms with E-state index in [-0.39, 0.29) is 5.75 Å². The molecule has 2 N–H and O–H groups in total. The van der Waals surface area contributed by atoms with Gasteiger partial charge in [-0.2, -0.15) is 5.10 Å². The number of benzene rings is 1. The van der Waals surface area contributed by atoms with Crippen molar-refractivity contribution in [2.45, 2.75) is 13.8 Å². The number of rotatable bonds is 5. The molecule has 0 aliphatic rings. The number of nitrogens with one attached hydrogen (secondary N) is 1. The second kappa shape index (κ2) is 6.62. The van der Waals surface area contributed by atoms with Crippen LogP contribution < -0.4 is 10.2 Å². The Hall–Kier alpha value is -2.67. The Morgan fingerprint density at radius 2 is 2.26 bits per heavy atom. The molecule has 2 heterocycles. The minimum absolute atomic E-state index is 0.114. The highest BCUT2D eigenvalue weighted by atomic mass is 32.1.